The predicted molar refractivity (Wildman–Crippen MR) is 99.4 cm³/mol. The van der Waals surface area contributed by atoms with E-state index in [4.69, 9.17) is 12.2 Å². The van der Waals surface area contributed by atoms with Gasteiger partial charge in [0.1, 0.15) is 11.6 Å². The van der Waals surface area contributed by atoms with Gasteiger partial charge in [-0.2, -0.15) is 0 Å². The van der Waals surface area contributed by atoms with Crippen molar-refractivity contribution in [1.82, 2.24) is 5.32 Å². The summed E-state index contributed by atoms with van der Waals surface area (Å²) in [7, 11) is 0. The molecular weight excluding hydrogens is 338 g/mol. The van der Waals surface area contributed by atoms with Gasteiger partial charge in [-0.3, -0.25) is 0 Å². The van der Waals surface area contributed by atoms with Crippen LogP contribution in [0.1, 0.15) is 30.0 Å². The van der Waals surface area contributed by atoms with E-state index in [0.717, 1.165) is 29.7 Å². The number of halogens is 2. The Hall–Kier alpha value is -2.40. The third-order valence-corrected chi connectivity index (χ3v) is 4.95. The van der Waals surface area contributed by atoms with E-state index >= 15 is 0 Å². The van der Waals surface area contributed by atoms with Crippen LogP contribution in [0.2, 0.25) is 0 Å². The van der Waals surface area contributed by atoms with Crippen molar-refractivity contribution in [1.29, 1.82) is 0 Å². The molecule has 2 aromatic rings. The number of aliphatic imine (C=N–C) groups is 1. The molecule has 0 radical (unpaired) electrons. The Labute approximate surface area is 150 Å². The zero-order valence-electron chi connectivity index (χ0n) is 13.4. The third kappa shape index (κ3) is 3.24. The topological polar surface area (TPSA) is 24.4 Å². The summed E-state index contributed by atoms with van der Waals surface area (Å²) in [5.74, 6) is -0.420. The maximum atomic E-state index is 13.3. The molecule has 0 amide bonds. The van der Waals surface area contributed by atoms with Gasteiger partial charge in [-0.15, -0.1) is 0 Å². The van der Waals surface area contributed by atoms with Crippen molar-refractivity contribution in [2.45, 2.75) is 18.9 Å². The Morgan fingerprint density at radius 2 is 1.60 bits per heavy atom. The maximum Gasteiger partial charge on any atom is 0.193 e. The summed E-state index contributed by atoms with van der Waals surface area (Å²) in [6.07, 6.45) is 3.85. The van der Waals surface area contributed by atoms with Crippen LogP contribution in [-0.4, -0.2) is 10.8 Å². The van der Waals surface area contributed by atoms with E-state index < -0.39 is 0 Å². The molecule has 1 aliphatic heterocycles. The van der Waals surface area contributed by atoms with Crippen LogP contribution in [0.15, 0.2) is 59.1 Å². The van der Waals surface area contributed by atoms with Gasteiger partial charge in [-0.25, -0.2) is 13.8 Å². The molecule has 0 aromatic heterocycles. The molecule has 126 valence electrons. The van der Waals surface area contributed by atoms with Gasteiger partial charge in [0.25, 0.3) is 0 Å². The molecule has 1 heterocycles. The Bertz CT molecular complexity index is 870. The van der Waals surface area contributed by atoms with E-state index in [1.54, 1.807) is 24.3 Å². The van der Waals surface area contributed by atoms with E-state index in [1.165, 1.54) is 29.8 Å². The van der Waals surface area contributed by atoms with Crippen molar-refractivity contribution in [3.05, 3.63) is 76.9 Å². The quantitative estimate of drug-likeness (QED) is 0.781. The molecule has 0 bridgehead atoms. The lowest BCUT2D eigenvalue weighted by Crippen LogP contribution is -2.39. The predicted octanol–water partition coefficient (Wildman–Crippen LogP) is 4.83. The van der Waals surface area contributed by atoms with E-state index in [2.05, 4.69) is 16.4 Å². The van der Waals surface area contributed by atoms with E-state index in [9.17, 15) is 8.78 Å². The summed E-state index contributed by atoms with van der Waals surface area (Å²) in [6.45, 7) is 0. The van der Waals surface area contributed by atoms with Gasteiger partial charge >= 0.3 is 0 Å². The van der Waals surface area contributed by atoms with Crippen LogP contribution in [-0.2, 0) is 0 Å². The van der Waals surface area contributed by atoms with E-state index in [1.807, 2.05) is 0 Å². The molecular formula is C20H16F2N2S. The highest BCUT2D eigenvalue weighted by Gasteiger charge is 2.38. The smallest absolute Gasteiger partial charge is 0.193 e. The molecule has 2 atom stereocenters. The van der Waals surface area contributed by atoms with Gasteiger partial charge < -0.3 is 5.32 Å². The number of nitrogens with one attached hydrogen (secondary N) is 1. The first kappa shape index (κ1) is 16.1. The fourth-order valence-electron chi connectivity index (χ4n) is 3.59. The Morgan fingerprint density at radius 1 is 0.960 bits per heavy atom. The number of rotatable bonds is 2. The highest BCUT2D eigenvalue weighted by atomic mass is 32.1. The molecule has 2 nitrogen and oxygen atoms in total. The van der Waals surface area contributed by atoms with Gasteiger partial charge in [0.2, 0.25) is 0 Å². The highest BCUT2D eigenvalue weighted by Crippen LogP contribution is 2.41. The molecule has 2 unspecified atom stereocenters. The normalized spacial score (nSPS) is 24.0. The van der Waals surface area contributed by atoms with Crippen LogP contribution in [0.25, 0.3) is 6.08 Å². The summed E-state index contributed by atoms with van der Waals surface area (Å²) in [5, 5.41) is 3.74. The minimum absolute atomic E-state index is 0.0604. The summed E-state index contributed by atoms with van der Waals surface area (Å²) in [4.78, 5) is 4.51. The monoisotopic (exact) mass is 354 g/mol. The Morgan fingerprint density at radius 3 is 2.28 bits per heavy atom. The van der Waals surface area contributed by atoms with Gasteiger partial charge in [0.15, 0.2) is 5.11 Å². The summed E-state index contributed by atoms with van der Waals surface area (Å²) < 4.78 is 26.4. The lowest BCUT2D eigenvalue weighted by molar-refractivity contribution is 0.558. The number of hydrogen-bond acceptors (Lipinski definition) is 1. The van der Waals surface area contributed by atoms with Gasteiger partial charge in [0.05, 0.1) is 6.04 Å². The van der Waals surface area contributed by atoms with Gasteiger partial charge in [-0.1, -0.05) is 35.9 Å². The van der Waals surface area contributed by atoms with Crippen molar-refractivity contribution >= 4 is 29.1 Å². The molecule has 0 spiro atoms. The van der Waals surface area contributed by atoms with Crippen LogP contribution in [0.3, 0.4) is 0 Å². The van der Waals surface area contributed by atoms with Crippen LogP contribution < -0.4 is 5.32 Å². The first-order chi connectivity index (χ1) is 12.1. The Kier molecular flexibility index (Phi) is 4.17. The van der Waals surface area contributed by atoms with Gasteiger partial charge in [-0.05, 0) is 60.5 Å². The fourth-order valence-corrected chi connectivity index (χ4v) is 3.83. The third-order valence-electron chi connectivity index (χ3n) is 4.74. The first-order valence-corrected chi connectivity index (χ1v) is 8.60. The number of nitrogens with zero attached hydrogens (tertiary/aromatic N) is 1. The second-order valence-corrected chi connectivity index (χ2v) is 6.72. The average molecular weight is 354 g/mol. The van der Waals surface area contributed by atoms with Crippen molar-refractivity contribution < 1.29 is 8.78 Å². The van der Waals surface area contributed by atoms with E-state index in [0.29, 0.717) is 5.11 Å². The molecule has 1 aliphatic carbocycles. The first-order valence-electron chi connectivity index (χ1n) is 8.19. The number of fused-ring (bicyclic) bond motifs is 1. The summed E-state index contributed by atoms with van der Waals surface area (Å²) in [5.41, 5.74) is 4.23. The number of hydrogen-bond donors (Lipinski definition) is 1. The highest BCUT2D eigenvalue weighted by molar-refractivity contribution is 7.80. The fraction of sp³-hybridized carbons (Fsp3) is 0.200. The molecule has 2 aliphatic rings. The molecule has 5 heteroatoms. The summed E-state index contributed by atoms with van der Waals surface area (Å²) in [6, 6.07) is 12.9. The van der Waals surface area contributed by atoms with Gasteiger partial charge in [0, 0.05) is 11.6 Å². The molecule has 2 aromatic carbocycles. The molecule has 4 rings (SSSR count). The minimum atomic E-state index is -0.260. The van der Waals surface area contributed by atoms with Crippen molar-refractivity contribution in [3.8, 4) is 0 Å². The second-order valence-electron chi connectivity index (χ2n) is 6.33. The van der Waals surface area contributed by atoms with Crippen molar-refractivity contribution in [2.24, 2.45) is 10.9 Å². The number of thiocarbonyl (C=S) groups is 1. The molecule has 1 N–H and O–H groups in total. The summed E-state index contributed by atoms with van der Waals surface area (Å²) >= 11 is 5.28. The Balaban J connectivity index is 1.73. The average Bonchev–Trinajstić information content (AvgIpc) is 2.99. The second kappa shape index (κ2) is 6.48. The molecule has 1 saturated carbocycles. The van der Waals surface area contributed by atoms with Crippen LogP contribution in [0.4, 0.5) is 8.78 Å². The maximum absolute atomic E-state index is 13.3. The molecule has 1 fully saturated rings. The molecule has 25 heavy (non-hydrogen) atoms. The lowest BCUT2D eigenvalue weighted by Gasteiger charge is -2.31. The van der Waals surface area contributed by atoms with E-state index in [-0.39, 0.29) is 23.6 Å². The standard InChI is InChI=1S/C20H16F2N2S/c21-15-6-1-12(2-7-15)11-14-5-10-17-18(14)19(24-20(25)23-17)13-3-8-16(22)9-4-13/h1-4,6-9,11,18-19H,5,10H2,(H,24,25)/b14-11+. The van der Waals surface area contributed by atoms with Crippen LogP contribution in [0.5, 0.6) is 0 Å². The van der Waals surface area contributed by atoms with Crippen LogP contribution >= 0.6 is 12.2 Å². The SMILES string of the molecule is Fc1ccc(/C=C2\CCC3=NC(=S)NC(c4ccc(F)cc4)C32)cc1. The van der Waals surface area contributed by atoms with Crippen molar-refractivity contribution in [2.75, 3.05) is 0 Å². The zero-order valence-corrected chi connectivity index (χ0v) is 14.2. The van der Waals surface area contributed by atoms with Crippen molar-refractivity contribution in [3.63, 3.8) is 0 Å². The largest absolute Gasteiger partial charge is 0.353 e. The molecule has 0 saturated heterocycles. The van der Waals surface area contributed by atoms with Crippen LogP contribution in [0, 0.1) is 17.6 Å². The lowest BCUT2D eigenvalue weighted by atomic mass is 9.86. The minimum Gasteiger partial charge on any atom is -0.353 e. The zero-order chi connectivity index (χ0) is 17.4. The number of benzene rings is 2.